The van der Waals surface area contributed by atoms with Crippen molar-refractivity contribution in [3.8, 4) is 11.5 Å². The summed E-state index contributed by atoms with van der Waals surface area (Å²) in [7, 11) is 3.17. The molecule has 2 rings (SSSR count). The van der Waals surface area contributed by atoms with Crippen molar-refractivity contribution in [2.45, 2.75) is 31.3 Å². The molecule has 2 aromatic rings. The number of benzene rings is 2. The smallest absolute Gasteiger partial charge is 0.352 e. The van der Waals surface area contributed by atoms with Crippen LogP contribution in [0.5, 0.6) is 11.5 Å². The predicted octanol–water partition coefficient (Wildman–Crippen LogP) is 4.95. The van der Waals surface area contributed by atoms with Crippen LogP contribution < -0.4 is 14.0 Å². The molecule has 0 radical (unpaired) electrons. The van der Waals surface area contributed by atoms with Crippen molar-refractivity contribution in [2.75, 3.05) is 14.2 Å². The van der Waals surface area contributed by atoms with Crippen LogP contribution in [0, 0.1) is 0 Å². The second-order valence-electron chi connectivity index (χ2n) is 6.28. The number of carbonyl (C=O) groups excluding carboxylic acids is 1. The zero-order valence-electron chi connectivity index (χ0n) is 15.4. The summed E-state index contributed by atoms with van der Waals surface area (Å²) >= 11 is 12.1. The van der Waals surface area contributed by atoms with Crippen molar-refractivity contribution < 1.29 is 14.3 Å². The largest absolute Gasteiger partial charge is 0.493 e. The van der Waals surface area contributed by atoms with Gasteiger partial charge in [0.05, 0.1) is 20.3 Å². The number of quaternary nitrogens is 1. The lowest BCUT2D eigenvalue weighted by Gasteiger charge is -2.39. The summed E-state index contributed by atoms with van der Waals surface area (Å²) < 4.78 is 10.7. The van der Waals surface area contributed by atoms with Crippen molar-refractivity contribution in [1.82, 2.24) is 4.48 Å². The van der Waals surface area contributed by atoms with E-state index in [1.165, 1.54) is 0 Å². The molecule has 0 aromatic heterocycles. The van der Waals surface area contributed by atoms with Gasteiger partial charge in [-0.1, -0.05) is 41.4 Å². The molecule has 26 heavy (non-hydrogen) atoms. The van der Waals surface area contributed by atoms with Gasteiger partial charge >= 0.3 is 5.91 Å². The molecule has 4 nitrogen and oxygen atoms in total. The Balaban J connectivity index is 2.59. The van der Waals surface area contributed by atoms with E-state index < -0.39 is 4.84 Å². The van der Waals surface area contributed by atoms with Gasteiger partial charge < -0.3 is 9.47 Å². The Morgan fingerprint density at radius 1 is 1.00 bits per heavy atom. The van der Waals surface area contributed by atoms with E-state index in [2.05, 4.69) is 0 Å². The molecular weight excluding hydrogens is 373 g/mol. The van der Waals surface area contributed by atoms with E-state index >= 15 is 0 Å². The number of ether oxygens (including phenoxy) is 2. The molecule has 0 saturated heterocycles. The molecule has 0 aliphatic rings. The number of methoxy groups -OCH3 is 2. The molecule has 0 fully saturated rings. The first kappa shape index (κ1) is 20.6. The van der Waals surface area contributed by atoms with E-state index in [9.17, 15) is 4.79 Å². The minimum atomic E-state index is -1.13. The second kappa shape index (κ2) is 8.76. The summed E-state index contributed by atoms with van der Waals surface area (Å²) in [4.78, 5) is 12.0. The molecule has 0 saturated carbocycles. The molecule has 2 aromatic carbocycles. The third-order valence-electron chi connectivity index (χ3n) is 4.56. The molecule has 1 atom stereocenters. The van der Waals surface area contributed by atoms with E-state index in [-0.39, 0.29) is 16.4 Å². The third kappa shape index (κ3) is 3.98. The van der Waals surface area contributed by atoms with Gasteiger partial charge in [0, 0.05) is 5.56 Å². The van der Waals surface area contributed by atoms with Gasteiger partial charge in [0.15, 0.2) is 11.5 Å². The maximum atomic E-state index is 13.1. The zero-order chi connectivity index (χ0) is 19.3. The van der Waals surface area contributed by atoms with Crippen molar-refractivity contribution in [1.29, 1.82) is 0 Å². The monoisotopic (exact) mass is 396 g/mol. The number of carbonyl (C=O) groups is 1. The van der Waals surface area contributed by atoms with Gasteiger partial charge in [-0.15, -0.1) is 0 Å². The fraction of sp³-hybridized carbons (Fsp3) is 0.350. The van der Waals surface area contributed by atoms with Gasteiger partial charge in [-0.3, -0.25) is 0 Å². The van der Waals surface area contributed by atoms with Gasteiger partial charge in [0.2, 0.25) is 4.84 Å². The summed E-state index contributed by atoms with van der Waals surface area (Å²) in [5, 5.41) is 0. The van der Waals surface area contributed by atoms with Crippen LogP contribution in [0.25, 0.3) is 0 Å². The van der Waals surface area contributed by atoms with Crippen LogP contribution in [0.2, 0.25) is 0 Å². The highest BCUT2D eigenvalue weighted by molar-refractivity contribution is 6.54. The van der Waals surface area contributed by atoms with E-state index in [0.29, 0.717) is 18.0 Å². The van der Waals surface area contributed by atoms with Crippen molar-refractivity contribution >= 4 is 34.8 Å². The normalized spacial score (nSPS) is 13.5. The lowest BCUT2D eigenvalue weighted by Crippen LogP contribution is -2.60. The minimum absolute atomic E-state index is 0.00793. The molecule has 0 N–H and O–H groups in total. The lowest BCUT2D eigenvalue weighted by molar-refractivity contribution is -0.130. The Hall–Kier alpha value is -1.75. The average molecular weight is 397 g/mol. The topological polar surface area (TPSA) is 35.5 Å². The molecule has 1 unspecified atom stereocenters. The predicted molar refractivity (Wildman–Crippen MR) is 107 cm³/mol. The fourth-order valence-corrected chi connectivity index (χ4v) is 3.52. The summed E-state index contributed by atoms with van der Waals surface area (Å²) in [6, 6.07) is 15.1. The lowest BCUT2D eigenvalue weighted by atomic mass is 10.1. The molecule has 0 spiro atoms. The Bertz CT molecular complexity index is 750. The molecule has 0 aliphatic carbocycles. The van der Waals surface area contributed by atoms with E-state index in [1.807, 2.05) is 62.4 Å². The van der Waals surface area contributed by atoms with Gasteiger partial charge in [0.1, 0.15) is 12.2 Å². The quantitative estimate of drug-likeness (QED) is 0.490. The molecule has 0 aliphatic heterocycles. The number of hydrogen-bond donors (Lipinski definition) is 0. The van der Waals surface area contributed by atoms with E-state index in [4.69, 9.17) is 32.7 Å². The number of amides is 1. The van der Waals surface area contributed by atoms with Gasteiger partial charge in [-0.2, -0.15) is 0 Å². The molecule has 1 amide bonds. The van der Waals surface area contributed by atoms with E-state index in [1.54, 1.807) is 14.2 Å². The first-order valence-electron chi connectivity index (χ1n) is 8.33. The highest BCUT2D eigenvalue weighted by Crippen LogP contribution is 2.35. The van der Waals surface area contributed by atoms with Gasteiger partial charge in [0.25, 0.3) is 0 Å². The Morgan fingerprint density at radius 2 is 1.62 bits per heavy atom. The van der Waals surface area contributed by atoms with Crippen molar-refractivity contribution in [3.05, 3.63) is 54.1 Å². The van der Waals surface area contributed by atoms with Crippen LogP contribution in [0.1, 0.15) is 19.4 Å². The highest BCUT2D eigenvalue weighted by atomic mass is 35.5. The summed E-state index contributed by atoms with van der Waals surface area (Å²) in [5.41, 5.74) is 1.76. The van der Waals surface area contributed by atoms with E-state index in [0.717, 1.165) is 11.3 Å². The molecule has 140 valence electrons. The average Bonchev–Trinajstić information content (AvgIpc) is 2.65. The number of hydrogen-bond acceptors (Lipinski definition) is 3. The van der Waals surface area contributed by atoms with Crippen LogP contribution in [-0.4, -0.2) is 31.0 Å². The highest BCUT2D eigenvalue weighted by Gasteiger charge is 2.45. The SMILES string of the molecule is COc1ccc(C[N+](C(=O)C(Cl)Cl)(c2ccccc2)C(C)C)cc1OC. The Labute approximate surface area is 164 Å². The number of halogens is 2. The Morgan fingerprint density at radius 3 is 2.12 bits per heavy atom. The van der Waals surface area contributed by atoms with Crippen LogP contribution in [0.15, 0.2) is 48.5 Å². The van der Waals surface area contributed by atoms with Crippen molar-refractivity contribution in [3.63, 3.8) is 0 Å². The van der Waals surface area contributed by atoms with Gasteiger partial charge in [-0.05, 0) is 44.2 Å². The minimum Gasteiger partial charge on any atom is -0.493 e. The maximum absolute atomic E-state index is 13.1. The zero-order valence-corrected chi connectivity index (χ0v) is 16.9. The van der Waals surface area contributed by atoms with Crippen LogP contribution >= 0.6 is 23.2 Å². The van der Waals surface area contributed by atoms with Crippen LogP contribution in [0.3, 0.4) is 0 Å². The molecule has 0 bridgehead atoms. The molecule has 0 heterocycles. The molecule has 6 heteroatoms. The van der Waals surface area contributed by atoms with Gasteiger partial charge in [-0.25, -0.2) is 9.28 Å². The Kier molecular flexibility index (Phi) is 6.93. The first-order valence-corrected chi connectivity index (χ1v) is 9.21. The van der Waals surface area contributed by atoms with Crippen LogP contribution in [0.4, 0.5) is 5.69 Å². The number of alkyl halides is 2. The number of nitrogens with zero attached hydrogens (tertiary/aromatic N) is 1. The molecular formula is C20H24Cl2NO3+. The van der Waals surface area contributed by atoms with Crippen molar-refractivity contribution in [2.24, 2.45) is 0 Å². The summed E-state index contributed by atoms with van der Waals surface area (Å²) in [5.74, 6) is 0.988. The number of rotatable bonds is 7. The number of para-hydroxylation sites is 1. The third-order valence-corrected chi connectivity index (χ3v) is 4.93. The standard InChI is InChI=1S/C20H24Cl2NO3/c1-14(2)23(20(24)19(21)22,16-8-6-5-7-9-16)13-15-10-11-17(25-3)18(12-15)26-4/h5-12,14,19H,13H2,1-4H3/q+1. The summed E-state index contributed by atoms with van der Waals surface area (Å²) in [6.07, 6.45) is 0. The first-order chi connectivity index (χ1) is 12.4. The maximum Gasteiger partial charge on any atom is 0.352 e. The fourth-order valence-electron chi connectivity index (χ4n) is 3.17. The summed E-state index contributed by atoms with van der Waals surface area (Å²) in [6.45, 7) is 4.38. The van der Waals surface area contributed by atoms with Crippen LogP contribution in [-0.2, 0) is 11.3 Å². The second-order valence-corrected chi connectivity index (χ2v) is 7.38.